The molecule has 0 fully saturated rings. The zero-order valence-electron chi connectivity index (χ0n) is 17.0. The Morgan fingerprint density at radius 2 is 1.68 bits per heavy atom. The highest BCUT2D eigenvalue weighted by Gasteiger charge is 2.25. The van der Waals surface area contributed by atoms with Crippen LogP contribution in [0.5, 0.6) is 0 Å². The second kappa shape index (κ2) is 10.3. The molecule has 150 valence electrons. The van der Waals surface area contributed by atoms with Crippen molar-refractivity contribution in [3.63, 3.8) is 0 Å². The van der Waals surface area contributed by atoms with Crippen LogP contribution in [0.25, 0.3) is 0 Å². The van der Waals surface area contributed by atoms with E-state index in [-0.39, 0.29) is 11.8 Å². The zero-order valence-corrected chi connectivity index (χ0v) is 17.8. The molecule has 2 aromatic carbocycles. The summed E-state index contributed by atoms with van der Waals surface area (Å²) >= 11 is 6.27. The lowest BCUT2D eigenvalue weighted by Crippen LogP contribution is -2.46. The molecule has 28 heavy (non-hydrogen) atoms. The van der Waals surface area contributed by atoms with Crippen molar-refractivity contribution in [3.05, 3.63) is 70.2 Å². The van der Waals surface area contributed by atoms with Crippen LogP contribution in [0.4, 0.5) is 0 Å². The number of nitrogens with zero attached hydrogens (tertiary/aromatic N) is 1. The maximum Gasteiger partial charge on any atom is 0.242 e. The van der Waals surface area contributed by atoms with E-state index in [1.165, 1.54) is 5.56 Å². The van der Waals surface area contributed by atoms with E-state index < -0.39 is 6.04 Å². The van der Waals surface area contributed by atoms with E-state index in [0.29, 0.717) is 30.3 Å². The fraction of sp³-hybridized carbons (Fsp3) is 0.391. The van der Waals surface area contributed by atoms with Gasteiger partial charge in [0.25, 0.3) is 0 Å². The number of likely N-dealkylation sites (N-methyl/N-ethyl adjacent to an activating group) is 1. The normalized spacial score (nSPS) is 11.9. The van der Waals surface area contributed by atoms with Crippen molar-refractivity contribution in [1.82, 2.24) is 10.2 Å². The number of carbonyl (C=O) groups excluding carboxylic acids is 2. The highest BCUT2D eigenvalue weighted by molar-refractivity contribution is 6.31. The van der Waals surface area contributed by atoms with E-state index >= 15 is 0 Å². The smallest absolute Gasteiger partial charge is 0.242 e. The minimum Gasteiger partial charge on any atom is -0.357 e. The first-order valence-electron chi connectivity index (χ1n) is 9.66. The van der Waals surface area contributed by atoms with Gasteiger partial charge in [0.05, 0.1) is 0 Å². The first-order chi connectivity index (χ1) is 13.3. The average molecular weight is 401 g/mol. The molecule has 2 rings (SSSR count). The minimum atomic E-state index is -0.572. The van der Waals surface area contributed by atoms with Gasteiger partial charge in [-0.3, -0.25) is 9.59 Å². The Bertz CT molecular complexity index is 803. The van der Waals surface area contributed by atoms with Crippen LogP contribution in [-0.2, 0) is 22.6 Å². The van der Waals surface area contributed by atoms with Crippen LogP contribution in [-0.4, -0.2) is 29.8 Å². The monoisotopic (exact) mass is 400 g/mol. The Morgan fingerprint density at radius 3 is 2.25 bits per heavy atom. The third-order valence-corrected chi connectivity index (χ3v) is 5.35. The van der Waals surface area contributed by atoms with E-state index in [9.17, 15) is 9.59 Å². The summed E-state index contributed by atoms with van der Waals surface area (Å²) in [7, 11) is 1.58. The maximum absolute atomic E-state index is 13.0. The second-order valence-corrected chi connectivity index (χ2v) is 7.71. The lowest BCUT2D eigenvalue weighted by molar-refractivity contribution is -0.140. The van der Waals surface area contributed by atoms with Crippen molar-refractivity contribution in [2.45, 2.75) is 52.1 Å². The zero-order chi connectivity index (χ0) is 20.7. The molecule has 0 saturated carbocycles. The summed E-state index contributed by atoms with van der Waals surface area (Å²) < 4.78 is 0. The van der Waals surface area contributed by atoms with E-state index in [4.69, 9.17) is 11.6 Å². The SMILES string of the molecule is CNC(=O)C(C)N(Cc1ccccc1Cl)C(=O)CCc1ccc(C(C)C)cc1. The molecule has 2 amide bonds. The van der Waals surface area contributed by atoms with Crippen molar-refractivity contribution in [3.8, 4) is 0 Å². The number of carbonyl (C=O) groups is 2. The van der Waals surface area contributed by atoms with Gasteiger partial charge in [-0.2, -0.15) is 0 Å². The van der Waals surface area contributed by atoms with Gasteiger partial charge < -0.3 is 10.2 Å². The number of amides is 2. The Labute approximate surface area is 172 Å². The van der Waals surface area contributed by atoms with Gasteiger partial charge in [-0.15, -0.1) is 0 Å². The first kappa shape index (κ1) is 22.0. The number of rotatable bonds is 8. The summed E-state index contributed by atoms with van der Waals surface area (Å²) in [5, 5.41) is 3.22. The van der Waals surface area contributed by atoms with Crippen LogP contribution in [0.3, 0.4) is 0 Å². The molecule has 0 heterocycles. The number of hydrogen-bond acceptors (Lipinski definition) is 2. The summed E-state index contributed by atoms with van der Waals surface area (Å²) in [6.07, 6.45) is 0.976. The fourth-order valence-electron chi connectivity index (χ4n) is 3.07. The second-order valence-electron chi connectivity index (χ2n) is 7.30. The van der Waals surface area contributed by atoms with Gasteiger partial charge in [0, 0.05) is 25.0 Å². The summed E-state index contributed by atoms with van der Waals surface area (Å²) in [6.45, 7) is 6.36. The van der Waals surface area contributed by atoms with Gasteiger partial charge in [0.1, 0.15) is 6.04 Å². The van der Waals surface area contributed by atoms with E-state index in [1.807, 2.05) is 18.2 Å². The molecule has 0 saturated heterocycles. The molecule has 0 radical (unpaired) electrons. The molecule has 0 bridgehead atoms. The van der Waals surface area contributed by atoms with Crippen molar-refractivity contribution in [2.24, 2.45) is 0 Å². The van der Waals surface area contributed by atoms with Gasteiger partial charge >= 0.3 is 0 Å². The Morgan fingerprint density at radius 1 is 1.04 bits per heavy atom. The van der Waals surface area contributed by atoms with Gasteiger partial charge in [-0.05, 0) is 42.0 Å². The Hall–Kier alpha value is -2.33. The highest BCUT2D eigenvalue weighted by Crippen LogP contribution is 2.20. The minimum absolute atomic E-state index is 0.0658. The van der Waals surface area contributed by atoms with Gasteiger partial charge in [0.15, 0.2) is 0 Å². The molecular formula is C23H29ClN2O2. The van der Waals surface area contributed by atoms with Crippen molar-refractivity contribution in [2.75, 3.05) is 7.05 Å². The number of nitrogens with one attached hydrogen (secondary N) is 1. The third kappa shape index (κ3) is 5.83. The molecule has 0 aliphatic rings. The molecular weight excluding hydrogens is 372 g/mol. The molecule has 1 N–H and O–H groups in total. The summed E-state index contributed by atoms with van der Waals surface area (Å²) in [4.78, 5) is 26.7. The highest BCUT2D eigenvalue weighted by atomic mass is 35.5. The van der Waals surface area contributed by atoms with Crippen LogP contribution in [0.1, 0.15) is 49.8 Å². The van der Waals surface area contributed by atoms with E-state index in [2.05, 4.69) is 43.4 Å². The van der Waals surface area contributed by atoms with Crippen LogP contribution in [0.2, 0.25) is 5.02 Å². The van der Waals surface area contributed by atoms with E-state index in [0.717, 1.165) is 11.1 Å². The van der Waals surface area contributed by atoms with Crippen LogP contribution < -0.4 is 5.32 Å². The quantitative estimate of drug-likeness (QED) is 0.706. The van der Waals surface area contributed by atoms with Crippen LogP contribution >= 0.6 is 11.6 Å². The molecule has 4 nitrogen and oxygen atoms in total. The van der Waals surface area contributed by atoms with Gasteiger partial charge in [-0.25, -0.2) is 0 Å². The Balaban J connectivity index is 2.11. The van der Waals surface area contributed by atoms with Crippen molar-refractivity contribution in [1.29, 1.82) is 0 Å². The molecule has 5 heteroatoms. The summed E-state index contributed by atoms with van der Waals surface area (Å²) in [5.41, 5.74) is 3.22. The fourth-order valence-corrected chi connectivity index (χ4v) is 3.26. The molecule has 2 aromatic rings. The van der Waals surface area contributed by atoms with Crippen molar-refractivity contribution >= 4 is 23.4 Å². The lowest BCUT2D eigenvalue weighted by atomic mass is 10.00. The molecule has 0 aliphatic carbocycles. The molecule has 0 aliphatic heterocycles. The van der Waals surface area contributed by atoms with Gasteiger partial charge in [0.2, 0.25) is 11.8 Å². The molecule has 1 unspecified atom stereocenters. The third-order valence-electron chi connectivity index (χ3n) is 4.99. The maximum atomic E-state index is 13.0. The molecule has 0 spiro atoms. The largest absolute Gasteiger partial charge is 0.357 e. The predicted molar refractivity (Wildman–Crippen MR) is 114 cm³/mol. The standard InChI is InChI=1S/C23H29ClN2O2/c1-16(2)19-12-9-18(10-13-19)11-14-22(27)26(17(3)23(28)25-4)15-20-7-5-6-8-21(20)24/h5-10,12-13,16-17H,11,14-15H2,1-4H3,(H,25,28). The summed E-state index contributed by atoms with van der Waals surface area (Å²) in [6, 6.07) is 15.2. The first-order valence-corrected chi connectivity index (χ1v) is 10.0. The Kier molecular flexibility index (Phi) is 8.06. The predicted octanol–water partition coefficient (Wildman–Crippen LogP) is 4.56. The van der Waals surface area contributed by atoms with Crippen LogP contribution in [0.15, 0.2) is 48.5 Å². The summed E-state index contributed by atoms with van der Waals surface area (Å²) in [5.74, 6) is 0.223. The molecule has 0 aromatic heterocycles. The average Bonchev–Trinajstić information content (AvgIpc) is 2.70. The lowest BCUT2D eigenvalue weighted by Gasteiger charge is -2.28. The van der Waals surface area contributed by atoms with Gasteiger partial charge in [-0.1, -0.05) is 67.9 Å². The molecule has 1 atom stereocenters. The van der Waals surface area contributed by atoms with E-state index in [1.54, 1.807) is 24.9 Å². The number of benzene rings is 2. The number of halogens is 1. The number of aryl methyl sites for hydroxylation is 1. The number of hydrogen-bond donors (Lipinski definition) is 1. The topological polar surface area (TPSA) is 49.4 Å². The van der Waals surface area contributed by atoms with Crippen molar-refractivity contribution < 1.29 is 9.59 Å². The van der Waals surface area contributed by atoms with Crippen LogP contribution in [0, 0.1) is 0 Å².